The van der Waals surface area contributed by atoms with Gasteiger partial charge in [-0.25, -0.2) is 0 Å². The molecule has 0 atom stereocenters. The summed E-state index contributed by atoms with van der Waals surface area (Å²) in [6.07, 6.45) is 12.7. The number of carbonyl (C=O) groups is 1. The monoisotopic (exact) mass is 311 g/mol. The molecule has 2 saturated carbocycles. The lowest BCUT2D eigenvalue weighted by Gasteiger charge is -2.19. The Morgan fingerprint density at radius 1 is 1.05 bits per heavy atom. The van der Waals surface area contributed by atoms with Crippen LogP contribution in [0, 0.1) is 5.92 Å². The summed E-state index contributed by atoms with van der Waals surface area (Å²) in [4.78, 5) is 12.3. The first-order chi connectivity index (χ1) is 9.83. The molecule has 4 heteroatoms. The third-order valence-corrected chi connectivity index (χ3v) is 5.01. The molecule has 2 aliphatic rings. The van der Waals surface area contributed by atoms with Crippen molar-refractivity contribution in [2.45, 2.75) is 76.5 Å². The van der Waals surface area contributed by atoms with Crippen molar-refractivity contribution in [2.24, 2.45) is 5.92 Å². The van der Waals surface area contributed by atoms with Gasteiger partial charge >= 0.3 is 0 Å². The van der Waals surface area contributed by atoms with Crippen LogP contribution < -0.4 is 0 Å². The molecule has 1 aromatic rings. The lowest BCUT2D eigenvalue weighted by Crippen LogP contribution is -2.19. The number of ketones is 1. The predicted octanol–water partition coefficient (Wildman–Crippen LogP) is 4.84. The van der Waals surface area contributed by atoms with E-state index in [2.05, 4.69) is 5.16 Å². The molecule has 2 fully saturated rings. The van der Waals surface area contributed by atoms with Gasteiger partial charge in [-0.1, -0.05) is 43.7 Å². The van der Waals surface area contributed by atoms with Gasteiger partial charge in [-0.2, -0.15) is 0 Å². The fraction of sp³-hybridized carbons (Fsp3) is 0.765. The van der Waals surface area contributed by atoms with E-state index in [0.717, 1.165) is 24.3 Å². The van der Waals surface area contributed by atoms with Crippen LogP contribution in [0.5, 0.6) is 0 Å². The molecule has 3 nitrogen and oxygen atoms in total. The minimum atomic E-state index is 0. The number of aromatic nitrogens is 1. The molecule has 0 N–H and O–H groups in total. The standard InChI is InChI=1S/C17H25NO2.ClH/c19-17(14-9-5-2-6-10-14)12-15-11-16(18-20-15)13-7-3-1-4-8-13;/h11,13-14H,1-10,12H2;1H. The highest BCUT2D eigenvalue weighted by Crippen LogP contribution is 2.32. The molecule has 0 aromatic carbocycles. The van der Waals surface area contributed by atoms with Crippen LogP contribution in [0.25, 0.3) is 0 Å². The molecule has 0 radical (unpaired) electrons. The number of halogens is 1. The number of hydrogen-bond donors (Lipinski definition) is 0. The van der Waals surface area contributed by atoms with Crippen LogP contribution in [0.4, 0.5) is 0 Å². The summed E-state index contributed by atoms with van der Waals surface area (Å²) >= 11 is 0. The van der Waals surface area contributed by atoms with Crippen molar-refractivity contribution in [3.05, 3.63) is 17.5 Å². The molecule has 21 heavy (non-hydrogen) atoms. The van der Waals surface area contributed by atoms with E-state index < -0.39 is 0 Å². The minimum absolute atomic E-state index is 0. The first-order valence-electron chi connectivity index (χ1n) is 8.31. The van der Waals surface area contributed by atoms with Crippen molar-refractivity contribution < 1.29 is 9.32 Å². The van der Waals surface area contributed by atoms with Gasteiger partial charge in [-0.05, 0) is 25.7 Å². The molecule has 3 rings (SSSR count). The highest BCUT2D eigenvalue weighted by molar-refractivity contribution is 5.85. The summed E-state index contributed by atoms with van der Waals surface area (Å²) in [6, 6.07) is 2.04. The molecule has 0 saturated heterocycles. The van der Waals surface area contributed by atoms with E-state index in [9.17, 15) is 4.79 Å². The Morgan fingerprint density at radius 2 is 1.67 bits per heavy atom. The van der Waals surface area contributed by atoms with E-state index >= 15 is 0 Å². The number of hydrogen-bond acceptors (Lipinski definition) is 3. The first kappa shape index (κ1) is 16.5. The van der Waals surface area contributed by atoms with Crippen LogP contribution in [0.15, 0.2) is 10.6 Å². The van der Waals surface area contributed by atoms with Crippen LogP contribution in [0.3, 0.4) is 0 Å². The highest BCUT2D eigenvalue weighted by Gasteiger charge is 2.24. The number of rotatable bonds is 4. The average Bonchev–Trinajstić information content (AvgIpc) is 2.97. The van der Waals surface area contributed by atoms with Crippen molar-refractivity contribution in [1.29, 1.82) is 0 Å². The normalized spacial score (nSPS) is 21.0. The molecule has 0 aliphatic heterocycles. The van der Waals surface area contributed by atoms with Crippen LogP contribution in [0.2, 0.25) is 0 Å². The maximum atomic E-state index is 12.3. The van der Waals surface area contributed by atoms with E-state index in [0.29, 0.717) is 18.1 Å². The SMILES string of the molecule is Cl.O=C(Cc1cc(C2CCCCC2)no1)C1CCCCC1. The van der Waals surface area contributed by atoms with Gasteiger partial charge in [-0.3, -0.25) is 4.79 Å². The Bertz CT molecular complexity index is 445. The molecular weight excluding hydrogens is 286 g/mol. The van der Waals surface area contributed by atoms with Gasteiger partial charge in [0.15, 0.2) is 0 Å². The second-order valence-electron chi connectivity index (χ2n) is 6.53. The summed E-state index contributed by atoms with van der Waals surface area (Å²) in [5.41, 5.74) is 1.08. The molecule has 2 aliphatic carbocycles. The molecule has 0 unspecified atom stereocenters. The van der Waals surface area contributed by atoms with Gasteiger partial charge in [0.2, 0.25) is 0 Å². The molecule has 1 aromatic heterocycles. The molecule has 0 spiro atoms. The van der Waals surface area contributed by atoms with Crippen LogP contribution in [-0.4, -0.2) is 10.9 Å². The lowest BCUT2D eigenvalue weighted by molar-refractivity contribution is -0.123. The van der Waals surface area contributed by atoms with E-state index in [4.69, 9.17) is 4.52 Å². The van der Waals surface area contributed by atoms with Crippen LogP contribution in [-0.2, 0) is 11.2 Å². The van der Waals surface area contributed by atoms with Gasteiger partial charge in [0.1, 0.15) is 11.5 Å². The smallest absolute Gasteiger partial charge is 0.144 e. The average molecular weight is 312 g/mol. The first-order valence-corrected chi connectivity index (χ1v) is 8.31. The molecule has 0 bridgehead atoms. The van der Waals surface area contributed by atoms with Gasteiger partial charge in [0.25, 0.3) is 0 Å². The number of Topliss-reactive ketones (excluding diaryl/α,β-unsaturated/α-hetero) is 1. The second-order valence-corrected chi connectivity index (χ2v) is 6.53. The predicted molar refractivity (Wildman–Crippen MR) is 84.9 cm³/mol. The lowest BCUT2D eigenvalue weighted by atomic mass is 9.84. The second kappa shape index (κ2) is 7.98. The zero-order valence-electron chi connectivity index (χ0n) is 12.7. The highest BCUT2D eigenvalue weighted by atomic mass is 35.5. The van der Waals surface area contributed by atoms with Crippen molar-refractivity contribution in [1.82, 2.24) is 5.16 Å². The zero-order valence-corrected chi connectivity index (χ0v) is 13.5. The number of carbonyl (C=O) groups excluding carboxylic acids is 1. The summed E-state index contributed by atoms with van der Waals surface area (Å²) in [5, 5.41) is 4.21. The van der Waals surface area contributed by atoms with Gasteiger partial charge in [0, 0.05) is 17.9 Å². The Labute approximate surface area is 133 Å². The van der Waals surface area contributed by atoms with E-state index in [-0.39, 0.29) is 18.3 Å². The molecular formula is C17H26ClNO2. The Balaban J connectivity index is 0.00000161. The van der Waals surface area contributed by atoms with E-state index in [1.54, 1.807) is 0 Å². The van der Waals surface area contributed by atoms with Crippen molar-refractivity contribution in [3.8, 4) is 0 Å². The van der Waals surface area contributed by atoms with E-state index in [1.807, 2.05) is 6.07 Å². The Morgan fingerprint density at radius 3 is 2.33 bits per heavy atom. The molecule has 0 amide bonds. The van der Waals surface area contributed by atoms with Crippen LogP contribution >= 0.6 is 12.4 Å². The van der Waals surface area contributed by atoms with Crippen LogP contribution in [0.1, 0.15) is 81.6 Å². The van der Waals surface area contributed by atoms with Crippen molar-refractivity contribution in [3.63, 3.8) is 0 Å². The summed E-state index contributed by atoms with van der Waals surface area (Å²) < 4.78 is 5.41. The largest absolute Gasteiger partial charge is 0.361 e. The maximum absolute atomic E-state index is 12.3. The molecule has 118 valence electrons. The summed E-state index contributed by atoms with van der Waals surface area (Å²) in [6.45, 7) is 0. The third kappa shape index (κ3) is 4.32. The van der Waals surface area contributed by atoms with Gasteiger partial charge < -0.3 is 4.52 Å². The summed E-state index contributed by atoms with van der Waals surface area (Å²) in [5.74, 6) is 1.97. The fourth-order valence-corrected chi connectivity index (χ4v) is 3.74. The Hall–Kier alpha value is -0.830. The van der Waals surface area contributed by atoms with Gasteiger partial charge in [0.05, 0.1) is 12.1 Å². The van der Waals surface area contributed by atoms with E-state index in [1.165, 1.54) is 51.4 Å². The van der Waals surface area contributed by atoms with Crippen molar-refractivity contribution >= 4 is 18.2 Å². The summed E-state index contributed by atoms with van der Waals surface area (Å²) in [7, 11) is 0. The maximum Gasteiger partial charge on any atom is 0.144 e. The fourth-order valence-electron chi connectivity index (χ4n) is 3.74. The Kier molecular flexibility index (Phi) is 6.28. The zero-order chi connectivity index (χ0) is 13.8. The molecule has 1 heterocycles. The van der Waals surface area contributed by atoms with Crippen molar-refractivity contribution in [2.75, 3.05) is 0 Å². The topological polar surface area (TPSA) is 43.1 Å². The van der Waals surface area contributed by atoms with Gasteiger partial charge in [-0.15, -0.1) is 12.4 Å². The quantitative estimate of drug-likeness (QED) is 0.799. The number of nitrogens with zero attached hydrogens (tertiary/aromatic N) is 1. The third-order valence-electron chi connectivity index (χ3n) is 5.01. The minimum Gasteiger partial charge on any atom is -0.361 e.